The maximum Gasteiger partial charge on any atom is 0.134 e. The molecule has 1 heterocycles. The molecule has 1 aliphatic carbocycles. The van der Waals surface area contributed by atoms with Gasteiger partial charge in [-0.05, 0) is 25.3 Å². The molecule has 0 atom stereocenters. The maximum atomic E-state index is 5.79. The minimum absolute atomic E-state index is 1.06. The molecule has 0 fully saturated rings. The first-order chi connectivity index (χ1) is 7.45. The summed E-state index contributed by atoms with van der Waals surface area (Å²) in [5, 5.41) is 1.33. The van der Waals surface area contributed by atoms with Crippen LogP contribution < -0.4 is 0 Å². The second-order valence-electron chi connectivity index (χ2n) is 3.71. The molecule has 3 rings (SSSR count). The molecule has 1 aliphatic rings. The zero-order valence-electron chi connectivity index (χ0n) is 9.55. The first-order valence-electron chi connectivity index (χ1n) is 5.94. The summed E-state index contributed by atoms with van der Waals surface area (Å²) in [4.78, 5) is 0. The lowest BCUT2D eigenvalue weighted by Gasteiger charge is -2.08. The third-order valence-electron chi connectivity index (χ3n) is 2.86. The van der Waals surface area contributed by atoms with Gasteiger partial charge >= 0.3 is 0 Å². The van der Waals surface area contributed by atoms with Gasteiger partial charge in [-0.3, -0.25) is 0 Å². The molecule has 15 heavy (non-hydrogen) atoms. The molecule has 0 aliphatic heterocycles. The van der Waals surface area contributed by atoms with Crippen molar-refractivity contribution >= 4 is 11.0 Å². The predicted molar refractivity (Wildman–Crippen MR) is 64.2 cm³/mol. The van der Waals surface area contributed by atoms with Crippen LogP contribution in [-0.4, -0.2) is 0 Å². The molecule has 0 unspecified atom stereocenters. The van der Waals surface area contributed by atoms with Crippen LogP contribution in [0.1, 0.15) is 38.0 Å². The van der Waals surface area contributed by atoms with Crippen molar-refractivity contribution in [1.82, 2.24) is 0 Å². The van der Waals surface area contributed by atoms with E-state index in [-0.39, 0.29) is 0 Å². The van der Waals surface area contributed by atoms with Gasteiger partial charge < -0.3 is 4.42 Å². The van der Waals surface area contributed by atoms with Crippen molar-refractivity contribution in [2.24, 2.45) is 0 Å². The van der Waals surface area contributed by atoms with Gasteiger partial charge in [0.25, 0.3) is 0 Å². The van der Waals surface area contributed by atoms with Crippen molar-refractivity contribution < 1.29 is 4.42 Å². The fraction of sp³-hybridized carbons (Fsp3) is 0.429. The average Bonchev–Trinajstić information content (AvgIpc) is 2.70. The third-order valence-corrected chi connectivity index (χ3v) is 2.86. The van der Waals surface area contributed by atoms with Gasteiger partial charge in [-0.15, -0.1) is 0 Å². The quantitative estimate of drug-likeness (QED) is 0.619. The van der Waals surface area contributed by atoms with Crippen molar-refractivity contribution in [3.05, 3.63) is 35.6 Å². The highest BCUT2D eigenvalue weighted by Crippen LogP contribution is 2.31. The lowest BCUT2D eigenvalue weighted by Crippen LogP contribution is -1.98. The van der Waals surface area contributed by atoms with Gasteiger partial charge in [-0.25, -0.2) is 0 Å². The van der Waals surface area contributed by atoms with Gasteiger partial charge in [0.2, 0.25) is 0 Å². The van der Waals surface area contributed by atoms with Crippen LogP contribution in [0.2, 0.25) is 0 Å². The molecule has 0 amide bonds. The molecule has 1 nitrogen and oxygen atoms in total. The van der Waals surface area contributed by atoms with Crippen LogP contribution in [0.4, 0.5) is 0 Å². The molecule has 0 saturated carbocycles. The summed E-state index contributed by atoms with van der Waals surface area (Å²) in [6.45, 7) is 4.00. The van der Waals surface area contributed by atoms with Gasteiger partial charge in [-0.2, -0.15) is 0 Å². The number of aryl methyl sites for hydroxylation is 2. The van der Waals surface area contributed by atoms with Crippen LogP contribution >= 0.6 is 0 Å². The van der Waals surface area contributed by atoms with Crippen LogP contribution in [0.25, 0.3) is 11.0 Å². The van der Waals surface area contributed by atoms with E-state index in [0.717, 1.165) is 12.0 Å². The average molecular weight is 202 g/mol. The summed E-state index contributed by atoms with van der Waals surface area (Å²) >= 11 is 0. The molecule has 0 radical (unpaired) electrons. The number of hydrogen-bond donors (Lipinski definition) is 0. The predicted octanol–water partition coefficient (Wildman–Crippen LogP) is 4.34. The smallest absolute Gasteiger partial charge is 0.134 e. The zero-order valence-corrected chi connectivity index (χ0v) is 9.55. The monoisotopic (exact) mass is 202 g/mol. The number of fused-ring (bicyclic) bond motifs is 3. The lowest BCUT2D eigenvalue weighted by molar-refractivity contribution is 0.506. The van der Waals surface area contributed by atoms with Gasteiger partial charge in [0.15, 0.2) is 0 Å². The zero-order chi connectivity index (χ0) is 10.7. The van der Waals surface area contributed by atoms with E-state index in [9.17, 15) is 0 Å². The Balaban J connectivity index is 0.000000404. The number of benzene rings is 1. The summed E-state index contributed by atoms with van der Waals surface area (Å²) < 4.78 is 5.79. The second kappa shape index (κ2) is 4.52. The van der Waals surface area contributed by atoms with Crippen molar-refractivity contribution in [2.75, 3.05) is 0 Å². The van der Waals surface area contributed by atoms with E-state index in [2.05, 4.69) is 18.2 Å². The van der Waals surface area contributed by atoms with Crippen LogP contribution in [0, 0.1) is 0 Å². The summed E-state index contributed by atoms with van der Waals surface area (Å²) in [7, 11) is 0. The van der Waals surface area contributed by atoms with E-state index in [1.165, 1.54) is 36.0 Å². The highest BCUT2D eigenvalue weighted by molar-refractivity contribution is 5.82. The van der Waals surface area contributed by atoms with Crippen molar-refractivity contribution in [1.29, 1.82) is 0 Å². The minimum atomic E-state index is 1.06. The number of hydrogen-bond acceptors (Lipinski definition) is 1. The standard InChI is InChI=1S/C12H12O.C2H6/c1-3-7-11-9(5-1)10-6-2-4-8-12(10)13-11;1-2/h1,3,5,7H,2,4,6,8H2;1-2H3. The van der Waals surface area contributed by atoms with Crippen LogP contribution in [-0.2, 0) is 12.8 Å². The van der Waals surface area contributed by atoms with E-state index in [0.29, 0.717) is 0 Å². The van der Waals surface area contributed by atoms with E-state index < -0.39 is 0 Å². The first kappa shape index (κ1) is 10.3. The fourth-order valence-electron chi connectivity index (χ4n) is 2.21. The Morgan fingerprint density at radius 2 is 1.73 bits per heavy atom. The summed E-state index contributed by atoms with van der Waals surface area (Å²) in [5.74, 6) is 1.23. The highest BCUT2D eigenvalue weighted by Gasteiger charge is 2.16. The highest BCUT2D eigenvalue weighted by atomic mass is 16.3. The van der Waals surface area contributed by atoms with Gasteiger partial charge in [0.05, 0.1) is 0 Å². The summed E-state index contributed by atoms with van der Waals surface area (Å²) in [6, 6.07) is 8.36. The molecule has 1 aromatic carbocycles. The molecule has 2 aromatic rings. The van der Waals surface area contributed by atoms with Crippen molar-refractivity contribution in [3.63, 3.8) is 0 Å². The van der Waals surface area contributed by atoms with Crippen LogP contribution in [0.5, 0.6) is 0 Å². The molecule has 1 aromatic heterocycles. The third kappa shape index (κ3) is 1.79. The van der Waals surface area contributed by atoms with E-state index in [4.69, 9.17) is 4.42 Å². The van der Waals surface area contributed by atoms with Crippen LogP contribution in [0.15, 0.2) is 28.7 Å². The van der Waals surface area contributed by atoms with Gasteiger partial charge in [0.1, 0.15) is 11.3 Å². The van der Waals surface area contributed by atoms with E-state index >= 15 is 0 Å². The van der Waals surface area contributed by atoms with Crippen molar-refractivity contribution in [2.45, 2.75) is 39.5 Å². The minimum Gasteiger partial charge on any atom is -0.461 e. The molecular weight excluding hydrogens is 184 g/mol. The van der Waals surface area contributed by atoms with Gasteiger partial charge in [0, 0.05) is 17.4 Å². The fourth-order valence-corrected chi connectivity index (χ4v) is 2.21. The Morgan fingerprint density at radius 1 is 1.00 bits per heavy atom. The normalized spacial score (nSPS) is 14.3. The molecule has 0 spiro atoms. The van der Waals surface area contributed by atoms with Crippen molar-refractivity contribution in [3.8, 4) is 0 Å². The number of para-hydroxylation sites is 1. The Labute approximate surface area is 91.1 Å². The molecule has 1 heteroatoms. The Hall–Kier alpha value is -1.24. The molecule has 80 valence electrons. The van der Waals surface area contributed by atoms with Crippen LogP contribution in [0.3, 0.4) is 0 Å². The van der Waals surface area contributed by atoms with Gasteiger partial charge in [-0.1, -0.05) is 32.0 Å². The second-order valence-corrected chi connectivity index (χ2v) is 3.71. The molecule has 0 saturated heterocycles. The number of rotatable bonds is 0. The summed E-state index contributed by atoms with van der Waals surface area (Å²) in [6.07, 6.45) is 4.93. The SMILES string of the molecule is CC.c1ccc2c3c(oc2c1)CCCC3. The Bertz CT molecular complexity index is 440. The first-order valence-corrected chi connectivity index (χ1v) is 5.94. The number of furan rings is 1. The molecule has 0 N–H and O–H groups in total. The molecule has 0 bridgehead atoms. The largest absolute Gasteiger partial charge is 0.461 e. The Morgan fingerprint density at radius 3 is 2.60 bits per heavy atom. The summed E-state index contributed by atoms with van der Waals surface area (Å²) in [5.41, 5.74) is 2.52. The van der Waals surface area contributed by atoms with E-state index in [1.54, 1.807) is 0 Å². The van der Waals surface area contributed by atoms with E-state index in [1.807, 2.05) is 19.9 Å². The molecular formula is C14H18O. The Kier molecular flexibility index (Phi) is 3.10. The maximum absolute atomic E-state index is 5.79. The topological polar surface area (TPSA) is 13.1 Å². The lowest BCUT2D eigenvalue weighted by atomic mass is 9.96.